The lowest BCUT2D eigenvalue weighted by atomic mass is 10.0. The van der Waals surface area contributed by atoms with E-state index in [0.717, 1.165) is 25.6 Å². The van der Waals surface area contributed by atoms with Crippen molar-refractivity contribution in [3.8, 4) is 0 Å². The van der Waals surface area contributed by atoms with E-state index in [1.165, 1.54) is 43.5 Å². The number of hydrogen-bond donors (Lipinski definition) is 2. The quantitative estimate of drug-likeness (QED) is 0.505. The Balaban J connectivity index is 1.55. The lowest BCUT2D eigenvalue weighted by Gasteiger charge is -2.29. The third-order valence-electron chi connectivity index (χ3n) is 5.59. The number of aliphatic imine (C=N–C) groups is 1. The Kier molecular flexibility index (Phi) is 8.11. The average molecular weight is 397 g/mol. The summed E-state index contributed by atoms with van der Waals surface area (Å²) in [4.78, 5) is 7.08. The monoisotopic (exact) mass is 396 g/mol. The van der Waals surface area contributed by atoms with Crippen LogP contribution < -0.4 is 10.6 Å². The van der Waals surface area contributed by atoms with Crippen LogP contribution in [0.5, 0.6) is 0 Å². The van der Waals surface area contributed by atoms with Crippen LogP contribution in [0, 0.1) is 5.92 Å². The van der Waals surface area contributed by atoms with Gasteiger partial charge < -0.3 is 10.6 Å². The van der Waals surface area contributed by atoms with Crippen LogP contribution in [0.25, 0.3) is 0 Å². The molecule has 6 nitrogen and oxygen atoms in total. The third kappa shape index (κ3) is 6.60. The molecule has 2 heterocycles. The Morgan fingerprint density at radius 3 is 2.52 bits per heavy atom. The van der Waals surface area contributed by atoms with Crippen molar-refractivity contribution in [3.05, 3.63) is 53.9 Å². The van der Waals surface area contributed by atoms with Gasteiger partial charge >= 0.3 is 0 Å². The van der Waals surface area contributed by atoms with E-state index < -0.39 is 0 Å². The number of likely N-dealkylation sites (tertiary alicyclic amines) is 1. The molecule has 0 bridgehead atoms. The van der Waals surface area contributed by atoms with Crippen LogP contribution in [0.1, 0.15) is 44.2 Å². The minimum absolute atomic E-state index is 0.572. The molecule has 0 aliphatic carbocycles. The summed E-state index contributed by atoms with van der Waals surface area (Å²) in [6.45, 7) is 9.54. The number of nitrogens with zero attached hydrogens (tertiary/aromatic N) is 4. The first kappa shape index (κ1) is 21.4. The number of aromatic nitrogens is 2. The van der Waals surface area contributed by atoms with E-state index in [-0.39, 0.29) is 0 Å². The molecule has 0 saturated carbocycles. The molecule has 1 aromatic carbocycles. The van der Waals surface area contributed by atoms with Crippen LogP contribution in [0.15, 0.2) is 47.7 Å². The standard InChI is InChI=1S/C23H36N6/c1-19(2)15-22(28-12-6-7-13-28)17-26-23(24-3)25-16-20-9-4-5-10-21(20)18-29-14-8-11-27-29/h4-5,8-11,14,19,22H,6-7,12-13,15-18H2,1-3H3,(H2,24,25,26). The lowest BCUT2D eigenvalue weighted by molar-refractivity contribution is 0.213. The van der Waals surface area contributed by atoms with Gasteiger partial charge in [-0.15, -0.1) is 0 Å². The molecule has 0 spiro atoms. The Hall–Kier alpha value is -2.34. The van der Waals surface area contributed by atoms with Crippen molar-refractivity contribution in [1.29, 1.82) is 0 Å². The fraction of sp³-hybridized carbons (Fsp3) is 0.565. The van der Waals surface area contributed by atoms with Crippen LogP contribution in [-0.4, -0.2) is 53.4 Å². The Labute approximate surface area is 175 Å². The van der Waals surface area contributed by atoms with Gasteiger partial charge in [-0.05, 0) is 55.5 Å². The van der Waals surface area contributed by atoms with Crippen molar-refractivity contribution in [2.45, 2.75) is 52.2 Å². The van der Waals surface area contributed by atoms with Crippen molar-refractivity contribution in [3.63, 3.8) is 0 Å². The van der Waals surface area contributed by atoms with Crippen LogP contribution in [0.4, 0.5) is 0 Å². The van der Waals surface area contributed by atoms with Crippen molar-refractivity contribution in [2.75, 3.05) is 26.7 Å². The summed E-state index contributed by atoms with van der Waals surface area (Å²) in [6.07, 6.45) is 7.69. The molecule has 29 heavy (non-hydrogen) atoms. The van der Waals surface area contributed by atoms with E-state index in [1.54, 1.807) is 0 Å². The maximum atomic E-state index is 4.44. The van der Waals surface area contributed by atoms with Gasteiger partial charge in [-0.1, -0.05) is 38.1 Å². The van der Waals surface area contributed by atoms with E-state index in [1.807, 2.05) is 30.2 Å². The zero-order valence-corrected chi connectivity index (χ0v) is 18.1. The van der Waals surface area contributed by atoms with Crippen molar-refractivity contribution in [1.82, 2.24) is 25.3 Å². The maximum Gasteiger partial charge on any atom is 0.191 e. The summed E-state index contributed by atoms with van der Waals surface area (Å²) in [6, 6.07) is 11.0. The number of guanidine groups is 1. The van der Waals surface area contributed by atoms with Crippen LogP contribution in [0.3, 0.4) is 0 Å². The molecule has 158 valence electrons. The number of rotatable bonds is 9. The second-order valence-corrected chi connectivity index (χ2v) is 8.31. The highest BCUT2D eigenvalue weighted by molar-refractivity contribution is 5.79. The number of hydrogen-bond acceptors (Lipinski definition) is 3. The van der Waals surface area contributed by atoms with Crippen LogP contribution in [-0.2, 0) is 13.1 Å². The summed E-state index contributed by atoms with van der Waals surface area (Å²) in [5.41, 5.74) is 2.54. The second kappa shape index (κ2) is 11.0. The van der Waals surface area contributed by atoms with Gasteiger partial charge in [0.2, 0.25) is 0 Å². The SMILES string of the molecule is CN=C(NCc1ccccc1Cn1cccn1)NCC(CC(C)C)N1CCCC1. The summed E-state index contributed by atoms with van der Waals surface area (Å²) in [5, 5.41) is 11.4. The lowest BCUT2D eigenvalue weighted by Crippen LogP contribution is -2.46. The molecule has 0 radical (unpaired) electrons. The normalized spacial score (nSPS) is 16.3. The first-order valence-corrected chi connectivity index (χ1v) is 10.9. The minimum Gasteiger partial charge on any atom is -0.355 e. The van der Waals surface area contributed by atoms with Gasteiger partial charge in [0, 0.05) is 38.6 Å². The first-order chi connectivity index (χ1) is 14.2. The van der Waals surface area contributed by atoms with Crippen LogP contribution >= 0.6 is 0 Å². The highest BCUT2D eigenvalue weighted by Gasteiger charge is 2.22. The van der Waals surface area contributed by atoms with Crippen molar-refractivity contribution < 1.29 is 0 Å². The van der Waals surface area contributed by atoms with Crippen LogP contribution in [0.2, 0.25) is 0 Å². The van der Waals surface area contributed by atoms with E-state index in [0.29, 0.717) is 12.0 Å². The molecule has 1 fully saturated rings. The van der Waals surface area contributed by atoms with E-state index in [9.17, 15) is 0 Å². The molecule has 1 unspecified atom stereocenters. The van der Waals surface area contributed by atoms with Gasteiger partial charge in [0.15, 0.2) is 5.96 Å². The smallest absolute Gasteiger partial charge is 0.191 e. The zero-order chi connectivity index (χ0) is 20.5. The Morgan fingerprint density at radius 2 is 1.86 bits per heavy atom. The molecular weight excluding hydrogens is 360 g/mol. The first-order valence-electron chi connectivity index (χ1n) is 10.9. The Morgan fingerprint density at radius 1 is 1.10 bits per heavy atom. The highest BCUT2D eigenvalue weighted by atomic mass is 15.3. The van der Waals surface area contributed by atoms with Gasteiger partial charge in [0.05, 0.1) is 6.54 Å². The molecule has 3 rings (SSSR count). The van der Waals surface area contributed by atoms with E-state index in [2.05, 4.69) is 63.7 Å². The largest absolute Gasteiger partial charge is 0.355 e. The maximum absolute atomic E-state index is 4.44. The summed E-state index contributed by atoms with van der Waals surface area (Å²) < 4.78 is 1.96. The third-order valence-corrected chi connectivity index (χ3v) is 5.59. The molecule has 1 aliphatic rings. The summed E-state index contributed by atoms with van der Waals surface area (Å²) in [7, 11) is 1.85. The predicted octanol–water partition coefficient (Wildman–Crippen LogP) is 3.11. The number of nitrogens with one attached hydrogen (secondary N) is 2. The molecule has 1 atom stereocenters. The van der Waals surface area contributed by atoms with Crippen molar-refractivity contribution >= 4 is 5.96 Å². The predicted molar refractivity (Wildman–Crippen MR) is 120 cm³/mol. The average Bonchev–Trinajstić information content (AvgIpc) is 3.42. The zero-order valence-electron chi connectivity index (χ0n) is 18.1. The second-order valence-electron chi connectivity index (χ2n) is 8.31. The molecule has 1 saturated heterocycles. The van der Waals surface area contributed by atoms with Gasteiger partial charge in [-0.2, -0.15) is 5.10 Å². The number of benzene rings is 1. The molecule has 2 N–H and O–H groups in total. The van der Waals surface area contributed by atoms with Gasteiger partial charge in [0.25, 0.3) is 0 Å². The molecule has 0 amide bonds. The van der Waals surface area contributed by atoms with Gasteiger partial charge in [-0.3, -0.25) is 14.6 Å². The van der Waals surface area contributed by atoms with Gasteiger partial charge in [-0.25, -0.2) is 0 Å². The fourth-order valence-electron chi connectivity index (χ4n) is 4.08. The molecular formula is C23H36N6. The topological polar surface area (TPSA) is 57.5 Å². The van der Waals surface area contributed by atoms with Gasteiger partial charge in [0.1, 0.15) is 0 Å². The summed E-state index contributed by atoms with van der Waals surface area (Å²) >= 11 is 0. The minimum atomic E-state index is 0.572. The van der Waals surface area contributed by atoms with Crippen molar-refractivity contribution in [2.24, 2.45) is 10.9 Å². The Bertz CT molecular complexity index is 746. The fourth-order valence-corrected chi connectivity index (χ4v) is 4.08. The molecule has 1 aliphatic heterocycles. The summed E-state index contributed by atoms with van der Waals surface area (Å²) in [5.74, 6) is 1.57. The van der Waals surface area contributed by atoms with E-state index >= 15 is 0 Å². The van der Waals surface area contributed by atoms with E-state index in [4.69, 9.17) is 0 Å². The molecule has 2 aromatic rings. The molecule has 1 aromatic heterocycles. The highest BCUT2D eigenvalue weighted by Crippen LogP contribution is 2.17. The molecule has 6 heteroatoms.